The quantitative estimate of drug-likeness (QED) is 0.737. The zero-order valence-corrected chi connectivity index (χ0v) is 11.0. The number of hydrogen-bond acceptors (Lipinski definition) is 1. The molecule has 1 saturated carbocycles. The smallest absolute Gasteiger partial charge is 0.122 e. The van der Waals surface area contributed by atoms with Crippen molar-refractivity contribution in [1.29, 1.82) is 0 Å². The summed E-state index contributed by atoms with van der Waals surface area (Å²) in [7, 11) is 0. The molecule has 0 aromatic heterocycles. The summed E-state index contributed by atoms with van der Waals surface area (Å²) in [5.74, 6) is 1.68. The van der Waals surface area contributed by atoms with E-state index < -0.39 is 0 Å². The predicted octanol–water partition coefficient (Wildman–Crippen LogP) is 4.23. The van der Waals surface area contributed by atoms with Crippen molar-refractivity contribution in [3.05, 3.63) is 29.8 Å². The van der Waals surface area contributed by atoms with E-state index in [4.69, 9.17) is 4.74 Å². The van der Waals surface area contributed by atoms with Gasteiger partial charge in [-0.15, -0.1) is 0 Å². The normalized spacial score (nSPS) is 21.8. The van der Waals surface area contributed by atoms with Crippen LogP contribution in [0.3, 0.4) is 0 Å². The van der Waals surface area contributed by atoms with E-state index in [1.807, 2.05) is 6.92 Å². The molecule has 0 unspecified atom stereocenters. The van der Waals surface area contributed by atoms with Crippen molar-refractivity contribution >= 4 is 0 Å². The second-order valence-corrected chi connectivity index (χ2v) is 5.85. The Morgan fingerprint density at radius 1 is 1.06 bits per heavy atom. The van der Waals surface area contributed by atoms with E-state index in [9.17, 15) is 0 Å². The van der Waals surface area contributed by atoms with Gasteiger partial charge >= 0.3 is 0 Å². The summed E-state index contributed by atoms with van der Waals surface area (Å²) in [6.07, 6.45) is 0. The van der Waals surface area contributed by atoms with Crippen LogP contribution < -0.4 is 4.74 Å². The van der Waals surface area contributed by atoms with Gasteiger partial charge in [0.1, 0.15) is 5.75 Å². The molecule has 0 heterocycles. The fraction of sp³-hybridized carbons (Fsp3) is 0.600. The van der Waals surface area contributed by atoms with Crippen molar-refractivity contribution in [3.8, 4) is 5.75 Å². The topological polar surface area (TPSA) is 9.23 Å². The number of rotatable bonds is 3. The Morgan fingerprint density at radius 3 is 2.12 bits per heavy atom. The third kappa shape index (κ3) is 1.45. The predicted molar refractivity (Wildman–Crippen MR) is 67.9 cm³/mol. The minimum absolute atomic E-state index is 0.375. The molecule has 0 N–H and O–H groups in total. The molecule has 1 nitrogen and oxygen atoms in total. The van der Waals surface area contributed by atoms with E-state index in [2.05, 4.69) is 52.0 Å². The van der Waals surface area contributed by atoms with E-state index in [0.29, 0.717) is 16.7 Å². The molecular weight excluding hydrogens is 196 g/mol. The van der Waals surface area contributed by atoms with E-state index in [1.165, 1.54) is 5.56 Å². The van der Waals surface area contributed by atoms with Crippen molar-refractivity contribution in [3.63, 3.8) is 0 Å². The number of para-hydroxylation sites is 1. The van der Waals surface area contributed by atoms with Gasteiger partial charge in [-0.2, -0.15) is 0 Å². The lowest BCUT2D eigenvalue weighted by Gasteiger charge is -2.11. The van der Waals surface area contributed by atoms with Gasteiger partial charge in [-0.3, -0.25) is 0 Å². The van der Waals surface area contributed by atoms with Gasteiger partial charge in [-0.05, 0) is 35.3 Å². The molecule has 1 aromatic rings. The van der Waals surface area contributed by atoms with Gasteiger partial charge in [0, 0.05) is 0 Å². The van der Waals surface area contributed by atoms with Gasteiger partial charge in [-0.1, -0.05) is 45.9 Å². The highest BCUT2D eigenvalue weighted by Crippen LogP contribution is 2.74. The molecular formula is C15H22O. The summed E-state index contributed by atoms with van der Waals surface area (Å²) in [6.45, 7) is 12.2. The Hall–Kier alpha value is -0.980. The van der Waals surface area contributed by atoms with Crippen LogP contribution in [0, 0.1) is 10.8 Å². The lowest BCUT2D eigenvalue weighted by molar-refractivity contribution is 0.335. The summed E-state index contributed by atoms with van der Waals surface area (Å²) in [5, 5.41) is 0. The minimum atomic E-state index is 0.375. The van der Waals surface area contributed by atoms with E-state index in [-0.39, 0.29) is 0 Å². The zero-order valence-electron chi connectivity index (χ0n) is 11.0. The number of benzene rings is 1. The lowest BCUT2D eigenvalue weighted by atomic mass is 10.0. The second-order valence-electron chi connectivity index (χ2n) is 5.85. The Balaban J connectivity index is 2.36. The Bertz CT molecular complexity index is 376. The first-order valence-electron chi connectivity index (χ1n) is 6.14. The highest BCUT2D eigenvalue weighted by atomic mass is 16.5. The van der Waals surface area contributed by atoms with Crippen LogP contribution in [0.25, 0.3) is 0 Å². The standard InChI is InChI=1S/C15H22O/c1-6-16-12-10-8-7-9-11(12)13-14(2,3)15(13,4)5/h7-10,13H,6H2,1-5H3. The molecule has 2 rings (SSSR count). The summed E-state index contributed by atoms with van der Waals surface area (Å²) < 4.78 is 5.72. The largest absolute Gasteiger partial charge is 0.494 e. The van der Waals surface area contributed by atoms with Crippen LogP contribution in [0.15, 0.2) is 24.3 Å². The van der Waals surface area contributed by atoms with Gasteiger partial charge in [0.2, 0.25) is 0 Å². The van der Waals surface area contributed by atoms with Crippen molar-refractivity contribution in [2.24, 2.45) is 10.8 Å². The van der Waals surface area contributed by atoms with Crippen LogP contribution in [0.2, 0.25) is 0 Å². The molecule has 0 spiro atoms. The first kappa shape index (κ1) is 11.5. The zero-order chi connectivity index (χ0) is 12.0. The van der Waals surface area contributed by atoms with Gasteiger partial charge in [0.25, 0.3) is 0 Å². The monoisotopic (exact) mass is 218 g/mol. The summed E-state index contributed by atoms with van der Waals surface area (Å²) in [5.41, 5.74) is 2.12. The number of ether oxygens (including phenoxy) is 1. The first-order valence-corrected chi connectivity index (χ1v) is 6.14. The average Bonchev–Trinajstić information content (AvgIpc) is 2.60. The third-order valence-electron chi connectivity index (χ3n) is 4.55. The summed E-state index contributed by atoms with van der Waals surface area (Å²) >= 11 is 0. The molecule has 0 bridgehead atoms. The van der Waals surface area contributed by atoms with Gasteiger partial charge in [0.05, 0.1) is 6.61 Å². The molecule has 0 aliphatic heterocycles. The van der Waals surface area contributed by atoms with Gasteiger partial charge in [-0.25, -0.2) is 0 Å². The Morgan fingerprint density at radius 2 is 1.62 bits per heavy atom. The Kier molecular flexibility index (Phi) is 2.52. The fourth-order valence-corrected chi connectivity index (χ4v) is 2.98. The van der Waals surface area contributed by atoms with Crippen molar-refractivity contribution in [2.75, 3.05) is 6.61 Å². The van der Waals surface area contributed by atoms with Gasteiger partial charge in [0.15, 0.2) is 0 Å². The molecule has 16 heavy (non-hydrogen) atoms. The van der Waals surface area contributed by atoms with Crippen molar-refractivity contribution < 1.29 is 4.74 Å². The van der Waals surface area contributed by atoms with Crippen LogP contribution in [0.5, 0.6) is 5.75 Å². The average molecular weight is 218 g/mol. The molecule has 1 aliphatic rings. The molecule has 1 fully saturated rings. The minimum Gasteiger partial charge on any atom is -0.494 e. The lowest BCUT2D eigenvalue weighted by Crippen LogP contribution is -1.97. The van der Waals surface area contributed by atoms with E-state index in [0.717, 1.165) is 12.4 Å². The highest BCUT2D eigenvalue weighted by Gasteiger charge is 2.65. The van der Waals surface area contributed by atoms with Crippen molar-refractivity contribution in [2.45, 2.75) is 40.5 Å². The van der Waals surface area contributed by atoms with Crippen LogP contribution in [-0.4, -0.2) is 6.61 Å². The molecule has 0 atom stereocenters. The van der Waals surface area contributed by atoms with Crippen LogP contribution in [0.1, 0.15) is 46.1 Å². The van der Waals surface area contributed by atoms with Crippen LogP contribution in [-0.2, 0) is 0 Å². The van der Waals surface area contributed by atoms with Crippen molar-refractivity contribution in [1.82, 2.24) is 0 Å². The molecule has 0 saturated heterocycles. The summed E-state index contributed by atoms with van der Waals surface area (Å²) in [6, 6.07) is 8.47. The molecule has 0 amide bonds. The molecule has 1 aliphatic carbocycles. The fourth-order valence-electron chi connectivity index (χ4n) is 2.98. The van der Waals surface area contributed by atoms with Crippen LogP contribution in [0.4, 0.5) is 0 Å². The maximum atomic E-state index is 5.72. The Labute approximate surface area is 98.8 Å². The van der Waals surface area contributed by atoms with E-state index >= 15 is 0 Å². The maximum Gasteiger partial charge on any atom is 0.122 e. The highest BCUT2D eigenvalue weighted by molar-refractivity contribution is 5.44. The molecule has 1 aromatic carbocycles. The second kappa shape index (κ2) is 3.51. The molecule has 0 radical (unpaired) electrons. The maximum absolute atomic E-state index is 5.72. The van der Waals surface area contributed by atoms with Gasteiger partial charge < -0.3 is 4.74 Å². The van der Waals surface area contributed by atoms with E-state index in [1.54, 1.807) is 0 Å². The molecule has 1 heteroatoms. The first-order chi connectivity index (χ1) is 7.43. The molecule has 88 valence electrons. The number of hydrogen-bond donors (Lipinski definition) is 0. The SMILES string of the molecule is CCOc1ccccc1C1C(C)(C)C1(C)C. The third-order valence-corrected chi connectivity index (χ3v) is 4.55. The van der Waals surface area contributed by atoms with Crippen LogP contribution >= 0.6 is 0 Å². The summed E-state index contributed by atoms with van der Waals surface area (Å²) in [4.78, 5) is 0.